The molecule has 0 bridgehead atoms. The van der Waals surface area contributed by atoms with Gasteiger partial charge < -0.3 is 15.2 Å². The van der Waals surface area contributed by atoms with Gasteiger partial charge in [-0.1, -0.05) is 38.1 Å². The van der Waals surface area contributed by atoms with E-state index in [1.54, 1.807) is 0 Å². The van der Waals surface area contributed by atoms with Gasteiger partial charge in [-0.05, 0) is 29.9 Å². The molecule has 0 radical (unpaired) electrons. The van der Waals surface area contributed by atoms with E-state index in [2.05, 4.69) is 31.3 Å². The molecule has 2 N–H and O–H groups in total. The molecule has 2 rings (SSSR count). The van der Waals surface area contributed by atoms with Gasteiger partial charge in [0.2, 0.25) is 0 Å². The molecule has 0 aromatic heterocycles. The summed E-state index contributed by atoms with van der Waals surface area (Å²) in [4.78, 5) is 0. The lowest BCUT2D eigenvalue weighted by Gasteiger charge is -2.15. The van der Waals surface area contributed by atoms with Crippen molar-refractivity contribution in [2.75, 3.05) is 19.7 Å². The van der Waals surface area contributed by atoms with E-state index in [1.807, 2.05) is 12.1 Å². The molecule has 0 spiro atoms. The fourth-order valence-corrected chi connectivity index (χ4v) is 2.41. The van der Waals surface area contributed by atoms with E-state index in [4.69, 9.17) is 4.74 Å². The Morgan fingerprint density at radius 3 is 2.53 bits per heavy atom. The SMILES string of the molecule is CC(C)c1ccc(C(O)CNCC2CCCO2)cc1. The highest BCUT2D eigenvalue weighted by Crippen LogP contribution is 2.18. The number of rotatable bonds is 6. The van der Waals surface area contributed by atoms with Gasteiger partial charge in [0, 0.05) is 19.7 Å². The third kappa shape index (κ3) is 4.30. The molecule has 1 fully saturated rings. The van der Waals surface area contributed by atoms with E-state index >= 15 is 0 Å². The molecule has 1 aromatic carbocycles. The first-order valence-electron chi connectivity index (χ1n) is 7.27. The highest BCUT2D eigenvalue weighted by molar-refractivity contribution is 5.26. The molecule has 2 unspecified atom stereocenters. The first-order valence-corrected chi connectivity index (χ1v) is 7.27. The quantitative estimate of drug-likeness (QED) is 0.829. The molecule has 2 atom stereocenters. The minimum absolute atomic E-state index is 0.329. The predicted molar refractivity (Wildman–Crippen MR) is 77.3 cm³/mol. The van der Waals surface area contributed by atoms with Crippen LogP contribution in [0.1, 0.15) is 49.8 Å². The molecule has 1 aliphatic heterocycles. The summed E-state index contributed by atoms with van der Waals surface area (Å²) in [6, 6.07) is 8.24. The van der Waals surface area contributed by atoms with Gasteiger partial charge in [-0.2, -0.15) is 0 Å². The molecule has 0 saturated carbocycles. The van der Waals surface area contributed by atoms with Gasteiger partial charge in [0.1, 0.15) is 0 Å². The summed E-state index contributed by atoms with van der Waals surface area (Å²) < 4.78 is 5.54. The third-order valence-electron chi connectivity index (χ3n) is 3.72. The summed E-state index contributed by atoms with van der Waals surface area (Å²) >= 11 is 0. The Bertz CT molecular complexity index is 369. The molecular weight excluding hydrogens is 238 g/mol. The van der Waals surface area contributed by atoms with Gasteiger partial charge in [0.05, 0.1) is 12.2 Å². The Hall–Kier alpha value is -0.900. The van der Waals surface area contributed by atoms with Crippen molar-refractivity contribution in [1.29, 1.82) is 0 Å². The van der Waals surface area contributed by atoms with Crippen molar-refractivity contribution in [2.45, 2.75) is 44.8 Å². The van der Waals surface area contributed by atoms with Gasteiger partial charge in [-0.3, -0.25) is 0 Å². The number of aliphatic hydroxyl groups excluding tert-OH is 1. The average molecular weight is 263 g/mol. The van der Waals surface area contributed by atoms with E-state index in [-0.39, 0.29) is 0 Å². The van der Waals surface area contributed by atoms with Crippen molar-refractivity contribution < 1.29 is 9.84 Å². The Balaban J connectivity index is 1.76. The van der Waals surface area contributed by atoms with Gasteiger partial charge >= 0.3 is 0 Å². The smallest absolute Gasteiger partial charge is 0.0914 e. The van der Waals surface area contributed by atoms with E-state index < -0.39 is 6.10 Å². The fraction of sp³-hybridized carbons (Fsp3) is 0.625. The van der Waals surface area contributed by atoms with E-state index in [0.29, 0.717) is 18.6 Å². The lowest BCUT2D eigenvalue weighted by molar-refractivity contribution is 0.103. The van der Waals surface area contributed by atoms with Crippen LogP contribution in [0.25, 0.3) is 0 Å². The normalized spacial score (nSPS) is 20.9. The highest BCUT2D eigenvalue weighted by atomic mass is 16.5. The van der Waals surface area contributed by atoms with Gasteiger partial charge in [0.25, 0.3) is 0 Å². The summed E-state index contributed by atoms with van der Waals surface area (Å²) in [6.07, 6.45) is 2.18. The van der Waals surface area contributed by atoms with Crippen molar-refractivity contribution in [1.82, 2.24) is 5.32 Å². The van der Waals surface area contributed by atoms with Crippen molar-refractivity contribution in [3.8, 4) is 0 Å². The Labute approximate surface area is 116 Å². The number of aliphatic hydroxyl groups is 1. The van der Waals surface area contributed by atoms with Gasteiger partial charge in [-0.15, -0.1) is 0 Å². The molecule has 1 aromatic rings. The standard InChI is InChI=1S/C16H25NO2/c1-12(2)13-5-7-14(8-6-13)16(18)11-17-10-15-4-3-9-19-15/h5-8,12,15-18H,3-4,9-11H2,1-2H3. The van der Waals surface area contributed by atoms with Crippen molar-refractivity contribution >= 4 is 0 Å². The van der Waals surface area contributed by atoms with Crippen LogP contribution in [0.2, 0.25) is 0 Å². The van der Waals surface area contributed by atoms with Crippen LogP contribution in [-0.4, -0.2) is 30.9 Å². The number of hydrogen-bond donors (Lipinski definition) is 2. The average Bonchev–Trinajstić information content (AvgIpc) is 2.92. The summed E-state index contributed by atoms with van der Waals surface area (Å²) in [5.74, 6) is 0.531. The monoisotopic (exact) mass is 263 g/mol. The minimum Gasteiger partial charge on any atom is -0.387 e. The molecule has 1 aliphatic rings. The van der Waals surface area contributed by atoms with Crippen molar-refractivity contribution in [3.63, 3.8) is 0 Å². The molecule has 1 heterocycles. The molecule has 0 amide bonds. The summed E-state index contributed by atoms with van der Waals surface area (Å²) in [5, 5.41) is 13.4. The van der Waals surface area contributed by atoms with Crippen LogP contribution in [0.5, 0.6) is 0 Å². The Kier molecular flexibility index (Phi) is 5.37. The summed E-state index contributed by atoms with van der Waals surface area (Å²) in [7, 11) is 0. The van der Waals surface area contributed by atoms with Crippen LogP contribution in [0, 0.1) is 0 Å². The predicted octanol–water partition coefficient (Wildman–Crippen LogP) is 2.61. The van der Waals surface area contributed by atoms with Crippen LogP contribution < -0.4 is 5.32 Å². The van der Waals surface area contributed by atoms with Crippen LogP contribution in [0.4, 0.5) is 0 Å². The summed E-state index contributed by atoms with van der Waals surface area (Å²) in [5.41, 5.74) is 2.28. The van der Waals surface area contributed by atoms with Crippen molar-refractivity contribution in [3.05, 3.63) is 35.4 Å². The molecule has 19 heavy (non-hydrogen) atoms. The highest BCUT2D eigenvalue weighted by Gasteiger charge is 2.15. The lowest BCUT2D eigenvalue weighted by Crippen LogP contribution is -2.29. The molecule has 0 aliphatic carbocycles. The Morgan fingerprint density at radius 1 is 1.26 bits per heavy atom. The number of ether oxygens (including phenoxy) is 1. The topological polar surface area (TPSA) is 41.5 Å². The third-order valence-corrected chi connectivity index (χ3v) is 3.72. The van der Waals surface area contributed by atoms with Crippen LogP contribution in [-0.2, 0) is 4.74 Å². The zero-order valence-electron chi connectivity index (χ0n) is 11.9. The van der Waals surface area contributed by atoms with Gasteiger partial charge in [0.15, 0.2) is 0 Å². The number of nitrogens with one attached hydrogen (secondary N) is 1. The maximum atomic E-state index is 10.1. The van der Waals surface area contributed by atoms with E-state index in [1.165, 1.54) is 5.56 Å². The zero-order chi connectivity index (χ0) is 13.7. The van der Waals surface area contributed by atoms with Crippen molar-refractivity contribution in [2.24, 2.45) is 0 Å². The van der Waals surface area contributed by atoms with Crippen LogP contribution >= 0.6 is 0 Å². The number of benzene rings is 1. The first kappa shape index (κ1) is 14.5. The minimum atomic E-state index is -0.442. The lowest BCUT2D eigenvalue weighted by atomic mass is 10.00. The fourth-order valence-electron chi connectivity index (χ4n) is 2.41. The first-order chi connectivity index (χ1) is 9.16. The maximum absolute atomic E-state index is 10.1. The molecule has 1 saturated heterocycles. The van der Waals surface area contributed by atoms with Gasteiger partial charge in [-0.25, -0.2) is 0 Å². The summed E-state index contributed by atoms with van der Waals surface area (Å²) in [6.45, 7) is 6.65. The number of hydrogen-bond acceptors (Lipinski definition) is 3. The second kappa shape index (κ2) is 7.04. The van der Waals surface area contributed by atoms with Crippen LogP contribution in [0.3, 0.4) is 0 Å². The van der Waals surface area contributed by atoms with E-state index in [9.17, 15) is 5.11 Å². The molecular formula is C16H25NO2. The van der Waals surface area contributed by atoms with Crippen LogP contribution in [0.15, 0.2) is 24.3 Å². The second-order valence-corrected chi connectivity index (χ2v) is 5.63. The Morgan fingerprint density at radius 2 is 1.95 bits per heavy atom. The second-order valence-electron chi connectivity index (χ2n) is 5.63. The van der Waals surface area contributed by atoms with E-state index in [0.717, 1.165) is 31.6 Å². The molecule has 3 nitrogen and oxygen atoms in total. The molecule has 3 heteroatoms. The zero-order valence-corrected chi connectivity index (χ0v) is 11.9. The molecule has 106 valence electrons. The largest absolute Gasteiger partial charge is 0.387 e. The maximum Gasteiger partial charge on any atom is 0.0914 e.